The first kappa shape index (κ1) is 19.2. The van der Waals surface area contributed by atoms with Crippen LogP contribution in [0.15, 0.2) is 60.8 Å². The molecule has 0 fully saturated rings. The van der Waals surface area contributed by atoms with Gasteiger partial charge in [-0.2, -0.15) is 0 Å². The van der Waals surface area contributed by atoms with Crippen molar-refractivity contribution in [3.63, 3.8) is 0 Å². The number of benzene rings is 2. The first-order valence-corrected chi connectivity index (χ1v) is 8.88. The van der Waals surface area contributed by atoms with Crippen molar-refractivity contribution < 1.29 is 14.3 Å². The van der Waals surface area contributed by atoms with E-state index in [4.69, 9.17) is 9.47 Å². The summed E-state index contributed by atoms with van der Waals surface area (Å²) in [6, 6.07) is 16.8. The molecule has 0 bridgehead atoms. The average Bonchev–Trinajstić information content (AvgIpc) is 2.73. The molecule has 0 aliphatic heterocycles. The predicted octanol–water partition coefficient (Wildman–Crippen LogP) is 4.27. The number of carbonyl (C=O) groups is 1. The summed E-state index contributed by atoms with van der Waals surface area (Å²) < 4.78 is 10.6. The van der Waals surface area contributed by atoms with Crippen LogP contribution in [0, 0.1) is 6.92 Å². The third kappa shape index (κ3) is 4.79. The van der Waals surface area contributed by atoms with Crippen LogP contribution in [0.4, 0.5) is 11.5 Å². The number of hydrogen-bond acceptors (Lipinski definition) is 5. The minimum atomic E-state index is -0.159. The second kappa shape index (κ2) is 8.90. The summed E-state index contributed by atoms with van der Waals surface area (Å²) in [7, 11) is 3.22. The Hall–Kier alpha value is -3.54. The van der Waals surface area contributed by atoms with E-state index >= 15 is 0 Å². The van der Waals surface area contributed by atoms with Gasteiger partial charge in [-0.15, -0.1) is 0 Å². The number of aryl methyl sites for hydroxylation is 1. The summed E-state index contributed by atoms with van der Waals surface area (Å²) in [5.41, 5.74) is 3.41. The Kier molecular flexibility index (Phi) is 6.11. The number of aromatic nitrogens is 1. The molecule has 28 heavy (non-hydrogen) atoms. The van der Waals surface area contributed by atoms with E-state index in [0.717, 1.165) is 11.1 Å². The van der Waals surface area contributed by atoms with Gasteiger partial charge in [0.05, 0.1) is 26.1 Å². The molecule has 1 heterocycles. The van der Waals surface area contributed by atoms with Gasteiger partial charge >= 0.3 is 0 Å². The maximum Gasteiger partial charge on any atom is 0.255 e. The molecule has 0 unspecified atom stereocenters. The minimum Gasteiger partial charge on any atom is -0.493 e. The topological polar surface area (TPSA) is 72.5 Å². The molecule has 1 amide bonds. The third-order valence-corrected chi connectivity index (χ3v) is 4.26. The first-order valence-electron chi connectivity index (χ1n) is 8.88. The highest BCUT2D eigenvalue weighted by molar-refractivity contribution is 6.04. The highest BCUT2D eigenvalue weighted by Crippen LogP contribution is 2.27. The van der Waals surface area contributed by atoms with Crippen LogP contribution in [0.25, 0.3) is 0 Å². The Bertz CT molecular complexity index is 938. The van der Waals surface area contributed by atoms with Crippen LogP contribution in [0.2, 0.25) is 0 Å². The lowest BCUT2D eigenvalue weighted by atomic mass is 10.1. The zero-order valence-electron chi connectivity index (χ0n) is 16.2. The number of anilines is 2. The summed E-state index contributed by atoms with van der Waals surface area (Å²) in [5.74, 6) is 1.93. The van der Waals surface area contributed by atoms with Crippen molar-refractivity contribution in [3.05, 3.63) is 77.5 Å². The maximum atomic E-state index is 12.3. The smallest absolute Gasteiger partial charge is 0.255 e. The van der Waals surface area contributed by atoms with Gasteiger partial charge in [0.15, 0.2) is 11.5 Å². The molecule has 0 atom stereocenters. The predicted molar refractivity (Wildman–Crippen MR) is 110 cm³/mol. The van der Waals surface area contributed by atoms with Gasteiger partial charge in [0, 0.05) is 12.1 Å². The van der Waals surface area contributed by atoms with Gasteiger partial charge in [0.1, 0.15) is 5.82 Å². The molecule has 2 N–H and O–H groups in total. The van der Waals surface area contributed by atoms with Crippen LogP contribution >= 0.6 is 0 Å². The molecular weight excluding hydrogens is 354 g/mol. The van der Waals surface area contributed by atoms with E-state index in [-0.39, 0.29) is 5.91 Å². The standard InChI is InChI=1S/C22H23N3O3/c1-15-4-7-17(8-5-15)22(26)25-18-9-11-21(24-14-18)23-13-16-6-10-19(27-2)20(12-16)28-3/h4-12,14H,13H2,1-3H3,(H,23,24)(H,25,26). The molecule has 0 aliphatic carbocycles. The lowest BCUT2D eigenvalue weighted by Gasteiger charge is -2.11. The Balaban J connectivity index is 1.58. The number of hydrogen-bond donors (Lipinski definition) is 2. The lowest BCUT2D eigenvalue weighted by molar-refractivity contribution is 0.102. The highest BCUT2D eigenvalue weighted by atomic mass is 16.5. The summed E-state index contributed by atoms with van der Waals surface area (Å²) in [6.07, 6.45) is 1.63. The van der Waals surface area contributed by atoms with Gasteiger partial charge in [0.25, 0.3) is 5.91 Å². The Morgan fingerprint density at radius 2 is 1.71 bits per heavy atom. The van der Waals surface area contributed by atoms with Crippen LogP contribution in [0.3, 0.4) is 0 Å². The molecule has 3 rings (SSSR count). The van der Waals surface area contributed by atoms with Crippen molar-refractivity contribution in [2.45, 2.75) is 13.5 Å². The SMILES string of the molecule is COc1ccc(CNc2ccc(NC(=O)c3ccc(C)cc3)cn2)cc1OC. The number of pyridine rings is 1. The molecular formula is C22H23N3O3. The molecule has 3 aromatic rings. The Morgan fingerprint density at radius 3 is 2.36 bits per heavy atom. The van der Waals surface area contributed by atoms with Crippen molar-refractivity contribution in [2.75, 3.05) is 24.9 Å². The monoisotopic (exact) mass is 377 g/mol. The Morgan fingerprint density at radius 1 is 0.964 bits per heavy atom. The van der Waals surface area contributed by atoms with E-state index in [1.54, 1.807) is 32.5 Å². The molecule has 6 heteroatoms. The molecule has 144 valence electrons. The maximum absolute atomic E-state index is 12.3. The largest absolute Gasteiger partial charge is 0.493 e. The van der Waals surface area contributed by atoms with E-state index < -0.39 is 0 Å². The number of nitrogens with one attached hydrogen (secondary N) is 2. The fraction of sp³-hybridized carbons (Fsp3) is 0.182. The van der Waals surface area contributed by atoms with E-state index in [9.17, 15) is 4.79 Å². The molecule has 6 nitrogen and oxygen atoms in total. The number of ether oxygens (including phenoxy) is 2. The van der Waals surface area contributed by atoms with Crippen LogP contribution < -0.4 is 20.1 Å². The van der Waals surface area contributed by atoms with Crippen molar-refractivity contribution in [2.24, 2.45) is 0 Å². The van der Waals surface area contributed by atoms with Crippen LogP contribution in [-0.2, 0) is 6.54 Å². The number of methoxy groups -OCH3 is 2. The summed E-state index contributed by atoms with van der Waals surface area (Å²) in [5, 5.41) is 6.09. The summed E-state index contributed by atoms with van der Waals surface area (Å²) in [6.45, 7) is 2.57. The average molecular weight is 377 g/mol. The van der Waals surface area contributed by atoms with Gasteiger partial charge in [-0.25, -0.2) is 4.98 Å². The van der Waals surface area contributed by atoms with E-state index in [0.29, 0.717) is 35.1 Å². The van der Waals surface area contributed by atoms with Crippen LogP contribution in [0.5, 0.6) is 11.5 Å². The zero-order chi connectivity index (χ0) is 19.9. The molecule has 2 aromatic carbocycles. The van der Waals surface area contributed by atoms with Gasteiger partial charge in [-0.05, 0) is 48.9 Å². The highest BCUT2D eigenvalue weighted by Gasteiger charge is 2.07. The van der Waals surface area contributed by atoms with Gasteiger partial charge in [-0.3, -0.25) is 4.79 Å². The third-order valence-electron chi connectivity index (χ3n) is 4.26. The fourth-order valence-corrected chi connectivity index (χ4v) is 2.66. The molecule has 0 aliphatic rings. The van der Waals surface area contributed by atoms with Crippen LogP contribution in [-0.4, -0.2) is 25.1 Å². The zero-order valence-corrected chi connectivity index (χ0v) is 16.2. The molecule has 0 radical (unpaired) electrons. The molecule has 1 aromatic heterocycles. The first-order chi connectivity index (χ1) is 13.6. The van der Waals surface area contributed by atoms with Crippen molar-refractivity contribution >= 4 is 17.4 Å². The number of carbonyl (C=O) groups excluding carboxylic acids is 1. The number of nitrogens with zero attached hydrogens (tertiary/aromatic N) is 1. The molecule has 0 saturated carbocycles. The molecule has 0 saturated heterocycles. The van der Waals surface area contributed by atoms with Gasteiger partial charge < -0.3 is 20.1 Å². The quantitative estimate of drug-likeness (QED) is 0.643. The van der Waals surface area contributed by atoms with Crippen molar-refractivity contribution in [1.29, 1.82) is 0 Å². The molecule has 0 spiro atoms. The Labute approximate surface area is 164 Å². The number of rotatable bonds is 7. The summed E-state index contributed by atoms with van der Waals surface area (Å²) in [4.78, 5) is 16.6. The van der Waals surface area contributed by atoms with Crippen molar-refractivity contribution in [1.82, 2.24) is 4.98 Å². The normalized spacial score (nSPS) is 10.2. The van der Waals surface area contributed by atoms with E-state index in [1.807, 2.05) is 49.4 Å². The van der Waals surface area contributed by atoms with Gasteiger partial charge in [-0.1, -0.05) is 23.8 Å². The minimum absolute atomic E-state index is 0.159. The van der Waals surface area contributed by atoms with Gasteiger partial charge in [0.2, 0.25) is 0 Å². The van der Waals surface area contributed by atoms with E-state index in [1.165, 1.54) is 0 Å². The van der Waals surface area contributed by atoms with Crippen LogP contribution in [0.1, 0.15) is 21.5 Å². The summed E-state index contributed by atoms with van der Waals surface area (Å²) >= 11 is 0. The second-order valence-corrected chi connectivity index (χ2v) is 6.30. The van der Waals surface area contributed by atoms with Crippen molar-refractivity contribution in [3.8, 4) is 11.5 Å². The van der Waals surface area contributed by atoms with E-state index in [2.05, 4.69) is 15.6 Å². The fourth-order valence-electron chi connectivity index (χ4n) is 2.66. The number of amides is 1. The second-order valence-electron chi connectivity index (χ2n) is 6.30. The lowest BCUT2D eigenvalue weighted by Crippen LogP contribution is -2.12.